The van der Waals surface area contributed by atoms with Crippen LogP contribution in [0.15, 0.2) is 36.4 Å². The van der Waals surface area contributed by atoms with Crippen molar-refractivity contribution in [3.8, 4) is 5.75 Å². The van der Waals surface area contributed by atoms with Gasteiger partial charge in [-0.25, -0.2) is 0 Å². The van der Waals surface area contributed by atoms with E-state index in [1.165, 1.54) is 13.3 Å². The van der Waals surface area contributed by atoms with Gasteiger partial charge in [0, 0.05) is 19.9 Å². The first-order valence-corrected chi connectivity index (χ1v) is 7.84. The van der Waals surface area contributed by atoms with E-state index in [-0.39, 0.29) is 0 Å². The molecule has 2 nitrogen and oxygen atoms in total. The third-order valence-corrected chi connectivity index (χ3v) is 4.17. The Balaban J connectivity index is 1.88. The zero-order valence-corrected chi connectivity index (χ0v) is 13.3. The lowest BCUT2D eigenvalue weighted by atomic mass is 10.3. The number of rotatable bonds is 6. The molecule has 1 aromatic carbocycles. The molecule has 4 heteroatoms. The summed E-state index contributed by atoms with van der Waals surface area (Å²) >= 11 is 4.10. The number of halogens is 1. The maximum atomic E-state index is 5.78. The van der Waals surface area contributed by atoms with Crippen molar-refractivity contribution >= 4 is 33.9 Å². The van der Waals surface area contributed by atoms with Gasteiger partial charge < -0.3 is 10.1 Å². The molecule has 0 saturated carbocycles. The van der Waals surface area contributed by atoms with Crippen molar-refractivity contribution in [3.63, 3.8) is 0 Å². The van der Waals surface area contributed by atoms with Gasteiger partial charge in [0.15, 0.2) is 0 Å². The highest BCUT2D eigenvalue weighted by molar-refractivity contribution is 14.1. The van der Waals surface area contributed by atoms with E-state index in [0.29, 0.717) is 6.61 Å². The predicted octanol–water partition coefficient (Wildman–Crippen LogP) is 4.04. The van der Waals surface area contributed by atoms with Crippen molar-refractivity contribution in [2.45, 2.75) is 20.1 Å². The molecule has 1 aromatic heterocycles. The van der Waals surface area contributed by atoms with Crippen molar-refractivity contribution in [3.05, 3.63) is 49.7 Å². The molecule has 2 aromatic rings. The summed E-state index contributed by atoms with van der Waals surface area (Å²) < 4.78 is 6.97. The van der Waals surface area contributed by atoms with Crippen LogP contribution in [0.25, 0.3) is 0 Å². The van der Waals surface area contributed by atoms with E-state index in [0.717, 1.165) is 18.8 Å². The fraction of sp³-hybridized carbons (Fsp3) is 0.286. The number of benzene rings is 1. The van der Waals surface area contributed by atoms with Crippen LogP contribution in [0.2, 0.25) is 0 Å². The Morgan fingerprint density at radius 2 is 2.06 bits per heavy atom. The molecule has 0 aliphatic heterocycles. The monoisotopic (exact) mass is 373 g/mol. The van der Waals surface area contributed by atoms with E-state index < -0.39 is 0 Å². The van der Waals surface area contributed by atoms with Crippen LogP contribution in [-0.4, -0.2) is 6.54 Å². The van der Waals surface area contributed by atoms with E-state index in [1.807, 2.05) is 18.2 Å². The summed E-state index contributed by atoms with van der Waals surface area (Å²) in [5.41, 5.74) is 0. The summed E-state index contributed by atoms with van der Waals surface area (Å²) in [5.74, 6) is 0.934. The molecule has 0 bridgehead atoms. The lowest BCUT2D eigenvalue weighted by molar-refractivity contribution is 0.309. The number of nitrogens with one attached hydrogen (secondary N) is 1. The van der Waals surface area contributed by atoms with Gasteiger partial charge in [-0.2, -0.15) is 0 Å². The van der Waals surface area contributed by atoms with Crippen LogP contribution in [0.3, 0.4) is 0 Å². The molecule has 96 valence electrons. The van der Waals surface area contributed by atoms with Crippen molar-refractivity contribution in [1.29, 1.82) is 0 Å². The molecule has 1 N–H and O–H groups in total. The Morgan fingerprint density at radius 1 is 1.22 bits per heavy atom. The van der Waals surface area contributed by atoms with E-state index in [9.17, 15) is 0 Å². The fourth-order valence-corrected chi connectivity index (χ4v) is 2.97. The van der Waals surface area contributed by atoms with Gasteiger partial charge in [0.05, 0.1) is 0 Å². The second-order valence-electron chi connectivity index (χ2n) is 3.89. The van der Waals surface area contributed by atoms with Crippen LogP contribution in [0.4, 0.5) is 0 Å². The van der Waals surface area contributed by atoms with E-state index >= 15 is 0 Å². The average molecular weight is 373 g/mol. The average Bonchev–Trinajstić information content (AvgIpc) is 2.82. The summed E-state index contributed by atoms with van der Waals surface area (Å²) in [6.45, 7) is 4.72. The Bertz CT molecular complexity index is 498. The molecule has 0 amide bonds. The van der Waals surface area contributed by atoms with Gasteiger partial charge in [0.25, 0.3) is 0 Å². The van der Waals surface area contributed by atoms with Gasteiger partial charge in [-0.3, -0.25) is 0 Å². The van der Waals surface area contributed by atoms with Gasteiger partial charge in [0.1, 0.15) is 12.4 Å². The van der Waals surface area contributed by atoms with Crippen LogP contribution >= 0.6 is 33.9 Å². The van der Waals surface area contributed by atoms with Gasteiger partial charge in [-0.05, 0) is 59.5 Å². The molecule has 2 rings (SSSR count). The molecular weight excluding hydrogens is 357 g/mol. The van der Waals surface area contributed by atoms with Gasteiger partial charge in [-0.1, -0.05) is 13.0 Å². The van der Waals surface area contributed by atoms with Crippen LogP contribution in [0.5, 0.6) is 5.75 Å². The minimum absolute atomic E-state index is 0.650. The summed E-state index contributed by atoms with van der Waals surface area (Å²) in [4.78, 5) is 2.62. The third-order valence-electron chi connectivity index (χ3n) is 2.44. The number of hydrogen-bond donors (Lipinski definition) is 1. The molecule has 0 atom stereocenters. The Hall–Kier alpha value is -0.590. The smallest absolute Gasteiger partial charge is 0.122 e. The highest BCUT2D eigenvalue weighted by Gasteiger charge is 2.01. The van der Waals surface area contributed by atoms with E-state index in [4.69, 9.17) is 4.74 Å². The first kappa shape index (κ1) is 13.8. The number of hydrogen-bond acceptors (Lipinski definition) is 3. The van der Waals surface area contributed by atoms with Crippen LogP contribution in [-0.2, 0) is 13.2 Å². The molecule has 0 aliphatic carbocycles. The maximum Gasteiger partial charge on any atom is 0.122 e. The standard InChI is InChI=1S/C14H16INOS/c1-2-16-9-13-6-7-14(18-13)10-17-12-5-3-4-11(15)8-12/h3-8,16H,2,9-10H2,1H3. The third kappa shape index (κ3) is 4.26. The Kier molecular flexibility index (Phi) is 5.46. The summed E-state index contributed by atoms with van der Waals surface area (Å²) in [6.07, 6.45) is 0. The maximum absolute atomic E-state index is 5.78. The van der Waals surface area contributed by atoms with E-state index in [1.54, 1.807) is 11.3 Å². The number of ether oxygens (including phenoxy) is 1. The zero-order chi connectivity index (χ0) is 12.8. The molecule has 1 heterocycles. The van der Waals surface area contributed by atoms with Crippen LogP contribution in [0.1, 0.15) is 16.7 Å². The summed E-state index contributed by atoms with van der Waals surface area (Å²) in [6, 6.07) is 12.4. The summed E-state index contributed by atoms with van der Waals surface area (Å²) in [5, 5.41) is 3.33. The molecule has 0 spiro atoms. The van der Waals surface area contributed by atoms with E-state index in [2.05, 4.69) is 53.0 Å². The Labute approximate surface area is 126 Å². The molecule has 0 fully saturated rings. The SMILES string of the molecule is CCNCc1ccc(COc2cccc(I)c2)s1. The molecule has 0 unspecified atom stereocenters. The van der Waals surface area contributed by atoms with Crippen LogP contribution < -0.4 is 10.1 Å². The first-order chi connectivity index (χ1) is 8.78. The second-order valence-corrected chi connectivity index (χ2v) is 6.39. The summed E-state index contributed by atoms with van der Waals surface area (Å²) in [7, 11) is 0. The lowest BCUT2D eigenvalue weighted by Gasteiger charge is -2.04. The normalized spacial score (nSPS) is 10.6. The quantitative estimate of drug-likeness (QED) is 0.772. The molecular formula is C14H16INOS. The predicted molar refractivity (Wildman–Crippen MR) is 85.2 cm³/mol. The molecule has 18 heavy (non-hydrogen) atoms. The van der Waals surface area contributed by atoms with Crippen molar-refractivity contribution in [1.82, 2.24) is 5.32 Å². The number of thiophene rings is 1. The van der Waals surface area contributed by atoms with Crippen molar-refractivity contribution < 1.29 is 4.74 Å². The van der Waals surface area contributed by atoms with Gasteiger partial charge in [0.2, 0.25) is 0 Å². The van der Waals surface area contributed by atoms with Crippen molar-refractivity contribution in [2.75, 3.05) is 6.54 Å². The first-order valence-electron chi connectivity index (χ1n) is 5.94. The van der Waals surface area contributed by atoms with Crippen molar-refractivity contribution in [2.24, 2.45) is 0 Å². The Morgan fingerprint density at radius 3 is 2.83 bits per heavy atom. The van der Waals surface area contributed by atoms with Crippen LogP contribution in [0, 0.1) is 3.57 Å². The highest BCUT2D eigenvalue weighted by atomic mass is 127. The topological polar surface area (TPSA) is 21.3 Å². The molecule has 0 radical (unpaired) electrons. The zero-order valence-electron chi connectivity index (χ0n) is 10.3. The second kappa shape index (κ2) is 7.11. The van der Waals surface area contributed by atoms with Gasteiger partial charge in [-0.15, -0.1) is 11.3 Å². The van der Waals surface area contributed by atoms with Gasteiger partial charge >= 0.3 is 0 Å². The fourth-order valence-electron chi connectivity index (χ4n) is 1.55. The molecule has 0 aliphatic rings. The molecule has 0 saturated heterocycles. The minimum Gasteiger partial charge on any atom is -0.488 e. The highest BCUT2D eigenvalue weighted by Crippen LogP contribution is 2.20. The lowest BCUT2D eigenvalue weighted by Crippen LogP contribution is -2.10. The minimum atomic E-state index is 0.650. The largest absolute Gasteiger partial charge is 0.488 e.